The van der Waals surface area contributed by atoms with Crippen LogP contribution in [0.4, 0.5) is 26.3 Å². The predicted octanol–water partition coefficient (Wildman–Crippen LogP) is 5.91. The highest BCUT2D eigenvalue weighted by Gasteiger charge is 2.43. The number of rotatable bonds is 3. The summed E-state index contributed by atoms with van der Waals surface area (Å²) in [6.07, 6.45) is -9.46. The monoisotopic (exact) mass is 530 g/mol. The van der Waals surface area contributed by atoms with Crippen LogP contribution in [0, 0.1) is 0 Å². The summed E-state index contributed by atoms with van der Waals surface area (Å²) in [5.74, 6) is -1.77. The third kappa shape index (κ3) is 5.14. The quantitative estimate of drug-likeness (QED) is 0.394. The summed E-state index contributed by atoms with van der Waals surface area (Å²) in [7, 11) is -4.14. The second-order valence-electron chi connectivity index (χ2n) is 6.48. The van der Waals surface area contributed by atoms with Crippen molar-refractivity contribution in [1.29, 1.82) is 0 Å². The Morgan fingerprint density at radius 2 is 1.67 bits per heavy atom. The highest BCUT2D eigenvalue weighted by atomic mass is 35.5. The fourth-order valence-corrected chi connectivity index (χ4v) is 4.70. The minimum Gasteiger partial charge on any atom is -0.264 e. The summed E-state index contributed by atoms with van der Waals surface area (Å²) in [5.41, 5.74) is -4.76. The highest BCUT2D eigenvalue weighted by molar-refractivity contribution is 7.93. The van der Waals surface area contributed by atoms with Crippen LogP contribution in [0.2, 0.25) is 10.0 Å². The van der Waals surface area contributed by atoms with Crippen molar-refractivity contribution in [3.8, 4) is 5.69 Å². The number of hydrogen-bond donors (Lipinski definition) is 0. The summed E-state index contributed by atoms with van der Waals surface area (Å²) < 4.78 is 97.5. The lowest BCUT2D eigenvalue weighted by Gasteiger charge is -2.13. The van der Waals surface area contributed by atoms with Crippen LogP contribution in [-0.2, 0) is 22.1 Å². The molecule has 0 aliphatic heterocycles. The van der Waals surface area contributed by atoms with Crippen molar-refractivity contribution in [2.24, 2.45) is 4.36 Å². The number of nitrogens with zero attached hydrogens (tertiary/aromatic N) is 4. The minimum absolute atomic E-state index is 0.109. The molecule has 176 valence electrons. The van der Waals surface area contributed by atoms with E-state index >= 15 is 0 Å². The van der Waals surface area contributed by atoms with Gasteiger partial charge < -0.3 is 0 Å². The van der Waals surface area contributed by atoms with Gasteiger partial charge in [-0.15, -0.1) is 5.10 Å². The Kier molecular flexibility index (Phi) is 6.52. The van der Waals surface area contributed by atoms with Crippen molar-refractivity contribution >= 4 is 38.8 Å². The number of benzene rings is 2. The summed E-state index contributed by atoms with van der Waals surface area (Å²) in [5, 5.41) is 6.32. The van der Waals surface area contributed by atoms with Crippen LogP contribution in [0.1, 0.15) is 21.7 Å². The maximum absolute atomic E-state index is 13.8. The number of halogens is 8. The highest BCUT2D eigenvalue weighted by Crippen LogP contribution is 2.37. The lowest BCUT2D eigenvalue weighted by Crippen LogP contribution is -2.18. The molecule has 0 radical (unpaired) electrons. The molecule has 1 aromatic heterocycles. The number of carbonyl (C=O) groups excluding carboxylic acids is 1. The summed E-state index contributed by atoms with van der Waals surface area (Å²) in [6, 6.07) is 6.99. The second kappa shape index (κ2) is 8.61. The Balaban J connectivity index is 2.19. The molecule has 0 N–H and O–H groups in total. The van der Waals surface area contributed by atoms with Crippen molar-refractivity contribution < 1.29 is 35.3 Å². The zero-order valence-electron chi connectivity index (χ0n) is 16.1. The van der Waals surface area contributed by atoms with Gasteiger partial charge in [0.1, 0.15) is 0 Å². The largest absolute Gasteiger partial charge is 0.435 e. The molecule has 0 saturated heterocycles. The van der Waals surface area contributed by atoms with Gasteiger partial charge >= 0.3 is 18.3 Å². The smallest absolute Gasteiger partial charge is 0.264 e. The molecular formula is C18H10Cl2F6N4O2S. The average molecular weight is 531 g/mol. The van der Waals surface area contributed by atoms with Gasteiger partial charge in [0.25, 0.3) is 0 Å². The van der Waals surface area contributed by atoms with Gasteiger partial charge in [-0.2, -0.15) is 30.7 Å². The molecule has 0 bridgehead atoms. The second-order valence-corrected chi connectivity index (χ2v) is 9.56. The molecule has 0 saturated carbocycles. The van der Waals surface area contributed by atoms with Crippen LogP contribution in [0.5, 0.6) is 0 Å². The first kappa shape index (κ1) is 25.0. The van der Waals surface area contributed by atoms with Crippen LogP contribution in [-0.4, -0.2) is 31.4 Å². The molecule has 1 heterocycles. The Labute approximate surface area is 192 Å². The fourth-order valence-electron chi connectivity index (χ4n) is 2.78. The van der Waals surface area contributed by atoms with Gasteiger partial charge in [0.05, 0.1) is 30.9 Å². The third-order valence-electron chi connectivity index (χ3n) is 4.14. The first-order chi connectivity index (χ1) is 15.1. The van der Waals surface area contributed by atoms with Crippen molar-refractivity contribution in [3.63, 3.8) is 0 Å². The van der Waals surface area contributed by atoms with E-state index in [2.05, 4.69) is 14.7 Å². The zero-order chi connectivity index (χ0) is 24.8. The van der Waals surface area contributed by atoms with E-state index in [1.165, 1.54) is 6.07 Å². The van der Waals surface area contributed by atoms with E-state index < -0.39 is 49.8 Å². The molecule has 0 spiro atoms. The van der Waals surface area contributed by atoms with Gasteiger partial charge in [0, 0.05) is 11.3 Å². The molecule has 2 aromatic carbocycles. The lowest BCUT2D eigenvalue weighted by molar-refractivity contribution is -0.143. The lowest BCUT2D eigenvalue weighted by atomic mass is 10.2. The maximum Gasteiger partial charge on any atom is 0.435 e. The van der Waals surface area contributed by atoms with E-state index in [0.29, 0.717) is 12.3 Å². The van der Waals surface area contributed by atoms with Crippen molar-refractivity contribution in [2.45, 2.75) is 17.2 Å². The molecule has 3 rings (SSSR count). The Morgan fingerprint density at radius 3 is 2.24 bits per heavy atom. The Hall–Kier alpha value is -2.64. The molecule has 6 nitrogen and oxygen atoms in total. The SMILES string of the molecule is CS(=O)(=NC(=O)c1nnn(-c2ccc(Cl)cc2Cl)c1C(F)(F)F)c1ccccc1C(F)(F)F. The predicted molar refractivity (Wildman–Crippen MR) is 107 cm³/mol. The maximum atomic E-state index is 13.8. The molecule has 0 aliphatic rings. The average Bonchev–Trinajstić information content (AvgIpc) is 3.12. The van der Waals surface area contributed by atoms with Crippen molar-refractivity contribution in [3.05, 3.63) is 69.5 Å². The Bertz CT molecular complexity index is 1360. The van der Waals surface area contributed by atoms with E-state index in [0.717, 1.165) is 30.3 Å². The summed E-state index contributed by atoms with van der Waals surface area (Å²) in [4.78, 5) is 11.7. The number of aromatic nitrogens is 3. The van der Waals surface area contributed by atoms with Crippen molar-refractivity contribution in [1.82, 2.24) is 15.0 Å². The molecule has 1 unspecified atom stereocenters. The van der Waals surface area contributed by atoms with Gasteiger partial charge in [0.2, 0.25) is 0 Å². The van der Waals surface area contributed by atoms with Crippen LogP contribution in [0.25, 0.3) is 5.69 Å². The van der Waals surface area contributed by atoms with Gasteiger partial charge in [-0.05, 0) is 30.3 Å². The van der Waals surface area contributed by atoms with Gasteiger partial charge in [-0.3, -0.25) is 4.79 Å². The van der Waals surface area contributed by atoms with E-state index in [1.807, 2.05) is 0 Å². The molecule has 1 amide bonds. The van der Waals surface area contributed by atoms with E-state index in [4.69, 9.17) is 23.2 Å². The van der Waals surface area contributed by atoms with Crippen LogP contribution >= 0.6 is 23.2 Å². The van der Waals surface area contributed by atoms with E-state index in [-0.39, 0.29) is 20.4 Å². The molecule has 33 heavy (non-hydrogen) atoms. The van der Waals surface area contributed by atoms with Crippen LogP contribution in [0.15, 0.2) is 51.7 Å². The number of amides is 1. The fraction of sp³-hybridized carbons (Fsp3) is 0.167. The molecule has 1 atom stereocenters. The number of alkyl halides is 6. The van der Waals surface area contributed by atoms with Gasteiger partial charge in [-0.1, -0.05) is 40.5 Å². The summed E-state index contributed by atoms with van der Waals surface area (Å²) in [6.45, 7) is 0. The number of hydrogen-bond acceptors (Lipinski definition) is 4. The summed E-state index contributed by atoms with van der Waals surface area (Å²) >= 11 is 11.7. The molecule has 3 aromatic rings. The first-order valence-electron chi connectivity index (χ1n) is 8.54. The third-order valence-corrected chi connectivity index (χ3v) is 6.36. The molecule has 0 fully saturated rings. The van der Waals surface area contributed by atoms with Gasteiger partial charge in [-0.25, -0.2) is 8.89 Å². The van der Waals surface area contributed by atoms with Gasteiger partial charge in [0.15, 0.2) is 11.4 Å². The standard InChI is InChI=1S/C18H10Cl2F6N4O2S/c1-33(32,13-5-3-2-4-10(13)17(21,22)23)28-16(31)14-15(18(24,25)26)30(29-27-14)12-7-6-9(19)8-11(12)20/h2-8H,1H3. The van der Waals surface area contributed by atoms with Crippen molar-refractivity contribution in [2.75, 3.05) is 6.26 Å². The zero-order valence-corrected chi connectivity index (χ0v) is 18.4. The first-order valence-corrected chi connectivity index (χ1v) is 11.2. The molecular weight excluding hydrogens is 521 g/mol. The van der Waals surface area contributed by atoms with Crippen LogP contribution < -0.4 is 0 Å². The topological polar surface area (TPSA) is 77.2 Å². The molecule has 15 heteroatoms. The normalized spacial score (nSPS) is 14.1. The molecule has 0 aliphatic carbocycles. The van der Waals surface area contributed by atoms with E-state index in [9.17, 15) is 35.3 Å². The minimum atomic E-state index is -5.22. The Morgan fingerprint density at radius 1 is 1.03 bits per heavy atom. The number of carbonyl (C=O) groups is 1. The van der Waals surface area contributed by atoms with E-state index in [1.54, 1.807) is 0 Å². The van der Waals surface area contributed by atoms with Crippen LogP contribution in [0.3, 0.4) is 0 Å².